The Morgan fingerprint density at radius 3 is 2.42 bits per heavy atom. The van der Waals surface area contributed by atoms with Crippen LogP contribution in [0.4, 0.5) is 0 Å². The van der Waals surface area contributed by atoms with Crippen LogP contribution in [0, 0.1) is 6.92 Å². The highest BCUT2D eigenvalue weighted by molar-refractivity contribution is 14.0. The zero-order chi connectivity index (χ0) is 22.2. The summed E-state index contributed by atoms with van der Waals surface area (Å²) in [7, 11) is 1.80. The molecule has 2 N–H and O–H groups in total. The molecule has 0 spiro atoms. The van der Waals surface area contributed by atoms with Crippen molar-refractivity contribution in [1.82, 2.24) is 25.4 Å². The summed E-state index contributed by atoms with van der Waals surface area (Å²) < 4.78 is 1.82. The van der Waals surface area contributed by atoms with E-state index in [2.05, 4.69) is 105 Å². The molecule has 1 heterocycles. The number of benzene rings is 3. The molecule has 0 aliphatic rings. The average Bonchev–Trinajstić information content (AvgIpc) is 3.33. The predicted octanol–water partition coefficient (Wildman–Crippen LogP) is 4.79. The number of nitrogens with one attached hydrogen (secondary N) is 2. The van der Waals surface area contributed by atoms with E-state index in [0.717, 1.165) is 12.5 Å². The lowest BCUT2D eigenvalue weighted by molar-refractivity contribution is 0.685. The van der Waals surface area contributed by atoms with Crippen molar-refractivity contribution in [2.24, 2.45) is 4.99 Å². The van der Waals surface area contributed by atoms with Gasteiger partial charge in [0.25, 0.3) is 0 Å². The third-order valence-corrected chi connectivity index (χ3v) is 5.31. The molecular formula is C26H29IN6. The Balaban J connectivity index is 0.00000306. The minimum absolute atomic E-state index is 0. The molecule has 7 heteroatoms. The highest BCUT2D eigenvalue weighted by atomic mass is 127. The van der Waals surface area contributed by atoms with E-state index in [9.17, 15) is 0 Å². The van der Waals surface area contributed by atoms with Gasteiger partial charge in [-0.2, -0.15) is 5.10 Å². The van der Waals surface area contributed by atoms with Gasteiger partial charge >= 0.3 is 0 Å². The number of aromatic nitrogens is 3. The molecule has 0 unspecified atom stereocenters. The fourth-order valence-corrected chi connectivity index (χ4v) is 3.65. The topological polar surface area (TPSA) is 67.1 Å². The number of rotatable bonds is 7. The molecule has 170 valence electrons. The average molecular weight is 552 g/mol. The van der Waals surface area contributed by atoms with Crippen LogP contribution in [-0.2, 0) is 19.6 Å². The van der Waals surface area contributed by atoms with Gasteiger partial charge in [-0.25, -0.2) is 9.67 Å². The summed E-state index contributed by atoms with van der Waals surface area (Å²) in [5.74, 6) is 0.782. The van der Waals surface area contributed by atoms with Crippen LogP contribution in [0.25, 0.3) is 11.1 Å². The van der Waals surface area contributed by atoms with Crippen LogP contribution in [0.1, 0.15) is 22.3 Å². The maximum absolute atomic E-state index is 4.37. The van der Waals surface area contributed by atoms with E-state index in [1.807, 2.05) is 4.68 Å². The summed E-state index contributed by atoms with van der Waals surface area (Å²) in [4.78, 5) is 8.37. The van der Waals surface area contributed by atoms with Crippen molar-refractivity contribution in [1.29, 1.82) is 0 Å². The lowest BCUT2D eigenvalue weighted by atomic mass is 9.98. The van der Waals surface area contributed by atoms with Gasteiger partial charge < -0.3 is 10.6 Å². The molecule has 4 rings (SSSR count). The monoisotopic (exact) mass is 552 g/mol. The zero-order valence-corrected chi connectivity index (χ0v) is 21.2. The highest BCUT2D eigenvalue weighted by Gasteiger charge is 2.07. The Morgan fingerprint density at radius 1 is 0.909 bits per heavy atom. The number of aryl methyl sites for hydroxylation is 1. The van der Waals surface area contributed by atoms with E-state index >= 15 is 0 Å². The standard InChI is InChI=1S/C26H28N6.HI/c1-20-6-5-7-22(14-20)15-29-26(27-2)30-16-24-8-3-4-9-25(24)23-12-10-21(11-13-23)17-32-19-28-18-31-32;/h3-14,18-19H,15-17H2,1-2H3,(H2,27,29,30);1H. The van der Waals surface area contributed by atoms with Crippen molar-refractivity contribution in [2.75, 3.05) is 7.05 Å². The van der Waals surface area contributed by atoms with E-state index in [-0.39, 0.29) is 24.0 Å². The summed E-state index contributed by atoms with van der Waals surface area (Å²) in [6.45, 7) is 4.24. The van der Waals surface area contributed by atoms with Crippen LogP contribution in [-0.4, -0.2) is 27.8 Å². The fourth-order valence-electron chi connectivity index (χ4n) is 3.65. The first kappa shape index (κ1) is 24.4. The number of halogens is 1. The first-order valence-corrected chi connectivity index (χ1v) is 10.7. The molecule has 0 atom stereocenters. The van der Waals surface area contributed by atoms with Gasteiger partial charge in [0.1, 0.15) is 12.7 Å². The second-order valence-electron chi connectivity index (χ2n) is 7.72. The van der Waals surface area contributed by atoms with Crippen molar-refractivity contribution in [3.05, 3.63) is 108 Å². The van der Waals surface area contributed by atoms with Crippen LogP contribution in [0.3, 0.4) is 0 Å². The van der Waals surface area contributed by atoms with Crippen LogP contribution >= 0.6 is 24.0 Å². The molecular weight excluding hydrogens is 523 g/mol. The number of nitrogens with zero attached hydrogens (tertiary/aromatic N) is 4. The minimum Gasteiger partial charge on any atom is -0.352 e. The smallest absolute Gasteiger partial charge is 0.191 e. The van der Waals surface area contributed by atoms with E-state index in [1.54, 1.807) is 19.7 Å². The van der Waals surface area contributed by atoms with Crippen molar-refractivity contribution in [3.63, 3.8) is 0 Å². The van der Waals surface area contributed by atoms with Crippen molar-refractivity contribution in [3.8, 4) is 11.1 Å². The Kier molecular flexibility index (Phi) is 9.00. The van der Waals surface area contributed by atoms with Crippen LogP contribution in [0.5, 0.6) is 0 Å². The second-order valence-corrected chi connectivity index (χ2v) is 7.72. The van der Waals surface area contributed by atoms with E-state index in [1.165, 1.54) is 33.4 Å². The molecule has 0 saturated heterocycles. The quantitative estimate of drug-likeness (QED) is 0.197. The van der Waals surface area contributed by atoms with E-state index in [0.29, 0.717) is 13.1 Å². The third-order valence-electron chi connectivity index (χ3n) is 5.31. The van der Waals surface area contributed by atoms with Gasteiger partial charge in [-0.1, -0.05) is 78.4 Å². The number of aliphatic imine (C=N–C) groups is 1. The third kappa shape index (κ3) is 6.89. The van der Waals surface area contributed by atoms with Crippen molar-refractivity contribution < 1.29 is 0 Å². The van der Waals surface area contributed by atoms with Gasteiger partial charge in [-0.15, -0.1) is 24.0 Å². The van der Waals surface area contributed by atoms with Crippen molar-refractivity contribution in [2.45, 2.75) is 26.6 Å². The maximum atomic E-state index is 4.37. The molecule has 0 aliphatic carbocycles. The summed E-state index contributed by atoms with van der Waals surface area (Å²) in [6, 6.07) is 25.6. The first-order valence-electron chi connectivity index (χ1n) is 10.7. The summed E-state index contributed by atoms with van der Waals surface area (Å²) in [5.41, 5.74) is 7.30. The molecule has 0 saturated carbocycles. The minimum atomic E-state index is 0. The van der Waals surface area contributed by atoms with Gasteiger partial charge in [0.2, 0.25) is 0 Å². The van der Waals surface area contributed by atoms with Gasteiger partial charge in [0, 0.05) is 20.1 Å². The molecule has 0 amide bonds. The number of hydrogen-bond donors (Lipinski definition) is 2. The lowest BCUT2D eigenvalue weighted by Gasteiger charge is -2.15. The van der Waals surface area contributed by atoms with Gasteiger partial charge in [-0.3, -0.25) is 4.99 Å². The maximum Gasteiger partial charge on any atom is 0.191 e. The number of hydrogen-bond acceptors (Lipinski definition) is 3. The summed E-state index contributed by atoms with van der Waals surface area (Å²) in [6.07, 6.45) is 3.29. The largest absolute Gasteiger partial charge is 0.352 e. The fraction of sp³-hybridized carbons (Fsp3) is 0.192. The van der Waals surface area contributed by atoms with Gasteiger partial charge in [0.15, 0.2) is 5.96 Å². The zero-order valence-electron chi connectivity index (χ0n) is 18.9. The molecule has 0 bridgehead atoms. The van der Waals surface area contributed by atoms with E-state index in [4.69, 9.17) is 0 Å². The SMILES string of the molecule is CN=C(NCc1cccc(C)c1)NCc1ccccc1-c1ccc(Cn2cncn2)cc1.I. The molecule has 0 aliphatic heterocycles. The van der Waals surface area contributed by atoms with Crippen LogP contribution in [0.15, 0.2) is 90.4 Å². The number of guanidine groups is 1. The first-order chi connectivity index (χ1) is 15.7. The Morgan fingerprint density at radius 2 is 1.70 bits per heavy atom. The highest BCUT2D eigenvalue weighted by Crippen LogP contribution is 2.24. The Bertz CT molecular complexity index is 1170. The Labute approximate surface area is 212 Å². The predicted molar refractivity (Wildman–Crippen MR) is 145 cm³/mol. The van der Waals surface area contributed by atoms with E-state index < -0.39 is 0 Å². The van der Waals surface area contributed by atoms with Gasteiger partial charge in [0.05, 0.1) is 6.54 Å². The molecule has 4 aromatic rings. The normalized spacial score (nSPS) is 11.0. The lowest BCUT2D eigenvalue weighted by Crippen LogP contribution is -2.36. The molecule has 6 nitrogen and oxygen atoms in total. The Hall–Kier alpha value is -3.20. The molecule has 1 aromatic heterocycles. The van der Waals surface area contributed by atoms with Crippen LogP contribution < -0.4 is 10.6 Å². The molecule has 0 radical (unpaired) electrons. The van der Waals surface area contributed by atoms with Gasteiger partial charge in [-0.05, 0) is 34.7 Å². The van der Waals surface area contributed by atoms with Crippen LogP contribution in [0.2, 0.25) is 0 Å². The van der Waals surface area contributed by atoms with Crippen molar-refractivity contribution >= 4 is 29.9 Å². The second kappa shape index (κ2) is 12.2. The summed E-state index contributed by atoms with van der Waals surface area (Å²) >= 11 is 0. The molecule has 0 fully saturated rings. The summed E-state index contributed by atoms with van der Waals surface area (Å²) in [5, 5.41) is 11.0. The molecule has 33 heavy (non-hydrogen) atoms. The molecule has 3 aromatic carbocycles.